The number of rotatable bonds is 7. The van der Waals surface area contributed by atoms with E-state index in [1.165, 1.54) is 0 Å². The number of hydrogen-bond donors (Lipinski definition) is 3. The second-order valence-electron chi connectivity index (χ2n) is 5.06. The molecular formula is C15H23ClN3O2+. The Bertz CT molecular complexity index is 480. The number of nitrogens with one attached hydrogen (secondary N) is 3. The fraction of sp³-hybridized carbons (Fsp3) is 0.467. The summed E-state index contributed by atoms with van der Waals surface area (Å²) in [5, 5.41) is 5.66. The van der Waals surface area contributed by atoms with Crippen molar-refractivity contribution in [3.05, 3.63) is 34.9 Å². The number of carbonyl (C=O) groups is 2. The highest BCUT2D eigenvalue weighted by atomic mass is 35.5. The number of quaternary nitrogens is 1. The lowest BCUT2D eigenvalue weighted by Gasteiger charge is -2.14. The van der Waals surface area contributed by atoms with Crippen LogP contribution in [-0.2, 0) is 11.3 Å². The van der Waals surface area contributed by atoms with Crippen molar-refractivity contribution in [1.29, 1.82) is 0 Å². The first-order valence-corrected chi connectivity index (χ1v) is 7.53. The zero-order chi connectivity index (χ0) is 15.7. The normalized spacial score (nSPS) is 11.8. The fourth-order valence-electron chi connectivity index (χ4n) is 1.90. The molecule has 0 spiro atoms. The summed E-state index contributed by atoms with van der Waals surface area (Å²) < 4.78 is 0. The third-order valence-corrected chi connectivity index (χ3v) is 3.35. The van der Waals surface area contributed by atoms with Crippen LogP contribution in [0.15, 0.2) is 24.3 Å². The molecule has 1 atom stereocenters. The second kappa shape index (κ2) is 9.37. The van der Waals surface area contributed by atoms with Crippen LogP contribution in [-0.4, -0.2) is 32.1 Å². The lowest BCUT2D eigenvalue weighted by atomic mass is 10.2. The van der Waals surface area contributed by atoms with Crippen molar-refractivity contribution in [2.24, 2.45) is 0 Å². The van der Waals surface area contributed by atoms with Crippen LogP contribution in [0.25, 0.3) is 0 Å². The first kappa shape index (κ1) is 17.5. The van der Waals surface area contributed by atoms with Crippen LogP contribution in [0.2, 0.25) is 5.02 Å². The molecule has 0 aliphatic heterocycles. The van der Waals surface area contributed by atoms with Gasteiger partial charge >= 0.3 is 6.03 Å². The van der Waals surface area contributed by atoms with E-state index in [-0.39, 0.29) is 12.5 Å². The van der Waals surface area contributed by atoms with Crippen LogP contribution in [0.4, 0.5) is 4.79 Å². The second-order valence-corrected chi connectivity index (χ2v) is 5.47. The molecule has 1 rings (SSSR count). The maximum Gasteiger partial charge on any atom is 0.321 e. The van der Waals surface area contributed by atoms with E-state index in [0.29, 0.717) is 18.1 Å². The number of benzene rings is 1. The number of hydrogen-bond acceptors (Lipinski definition) is 2. The molecule has 0 aliphatic carbocycles. The van der Waals surface area contributed by atoms with E-state index in [9.17, 15) is 9.59 Å². The quantitative estimate of drug-likeness (QED) is 0.657. The zero-order valence-electron chi connectivity index (χ0n) is 12.5. The first-order valence-electron chi connectivity index (χ1n) is 7.15. The molecule has 1 aromatic rings. The topological polar surface area (TPSA) is 62.6 Å². The van der Waals surface area contributed by atoms with Gasteiger partial charge in [-0.1, -0.05) is 43.1 Å². The molecule has 0 saturated carbocycles. The highest BCUT2D eigenvalue weighted by Gasteiger charge is 2.14. The Labute approximate surface area is 130 Å². The molecule has 5 nitrogen and oxygen atoms in total. The molecule has 0 bridgehead atoms. The van der Waals surface area contributed by atoms with Crippen molar-refractivity contribution in [3.63, 3.8) is 0 Å². The van der Waals surface area contributed by atoms with Gasteiger partial charge in [0.2, 0.25) is 0 Å². The molecule has 0 radical (unpaired) electrons. The smallest absolute Gasteiger partial charge is 0.321 e. The molecule has 3 amide bonds. The molecule has 6 heteroatoms. The molecule has 21 heavy (non-hydrogen) atoms. The predicted octanol–water partition coefficient (Wildman–Crippen LogP) is 0.981. The van der Waals surface area contributed by atoms with Gasteiger partial charge in [-0.2, -0.15) is 0 Å². The summed E-state index contributed by atoms with van der Waals surface area (Å²) in [5.74, 6) is -0.298. The number of likely N-dealkylation sites (N-methyl/N-ethyl adjacent to an activating group) is 1. The van der Waals surface area contributed by atoms with E-state index in [1.807, 2.05) is 38.2 Å². The maximum absolute atomic E-state index is 11.7. The van der Waals surface area contributed by atoms with Crippen molar-refractivity contribution in [2.75, 3.05) is 20.1 Å². The third kappa shape index (κ3) is 7.11. The molecule has 0 aliphatic rings. The third-order valence-electron chi connectivity index (χ3n) is 2.98. The lowest BCUT2D eigenvalue weighted by Crippen LogP contribution is -3.09. The monoisotopic (exact) mass is 312 g/mol. The molecule has 1 unspecified atom stereocenters. The van der Waals surface area contributed by atoms with Crippen molar-refractivity contribution < 1.29 is 14.5 Å². The molecule has 3 N–H and O–H groups in total. The molecule has 0 heterocycles. The minimum Gasteiger partial charge on any atom is -0.338 e. The Hall–Kier alpha value is -1.59. The summed E-state index contributed by atoms with van der Waals surface area (Å²) in [5.41, 5.74) is 0.983. The van der Waals surface area contributed by atoms with E-state index in [4.69, 9.17) is 11.6 Å². The van der Waals surface area contributed by atoms with Crippen LogP contribution < -0.4 is 15.5 Å². The van der Waals surface area contributed by atoms with E-state index >= 15 is 0 Å². The van der Waals surface area contributed by atoms with E-state index in [2.05, 4.69) is 10.6 Å². The maximum atomic E-state index is 11.7. The minimum absolute atomic E-state index is 0.215. The summed E-state index contributed by atoms with van der Waals surface area (Å²) >= 11 is 6.08. The van der Waals surface area contributed by atoms with Gasteiger partial charge < -0.3 is 10.2 Å². The highest BCUT2D eigenvalue weighted by molar-refractivity contribution is 6.31. The van der Waals surface area contributed by atoms with E-state index in [1.54, 1.807) is 0 Å². The summed E-state index contributed by atoms with van der Waals surface area (Å²) in [6.45, 7) is 3.46. The van der Waals surface area contributed by atoms with Crippen LogP contribution >= 0.6 is 11.6 Å². The molecular weight excluding hydrogens is 290 g/mol. The van der Waals surface area contributed by atoms with Gasteiger partial charge in [-0.25, -0.2) is 4.79 Å². The van der Waals surface area contributed by atoms with Gasteiger partial charge in [0, 0.05) is 17.1 Å². The molecule has 0 aromatic heterocycles. The Kier molecular flexibility index (Phi) is 7.79. The number of halogens is 1. The average Bonchev–Trinajstić information content (AvgIpc) is 2.41. The standard InChI is InChI=1S/C15H22ClN3O2/c1-3-4-9-17-15(21)18-14(20)11-19(2)10-12-7-5-6-8-13(12)16/h5-8H,3-4,9-11H2,1-2H3,(H2,17,18,20,21)/p+1. The predicted molar refractivity (Wildman–Crippen MR) is 83.4 cm³/mol. The van der Waals surface area contributed by atoms with Crippen LogP contribution in [0.3, 0.4) is 0 Å². The van der Waals surface area contributed by atoms with Gasteiger partial charge in [0.1, 0.15) is 6.54 Å². The molecule has 0 saturated heterocycles. The van der Waals surface area contributed by atoms with Crippen molar-refractivity contribution in [2.45, 2.75) is 26.3 Å². The van der Waals surface area contributed by atoms with Gasteiger partial charge in [-0.05, 0) is 12.5 Å². The number of urea groups is 1. The molecule has 1 aromatic carbocycles. The Morgan fingerprint density at radius 2 is 2.00 bits per heavy atom. The SMILES string of the molecule is CCCCNC(=O)NC(=O)C[NH+](C)Cc1ccccc1Cl. The first-order chi connectivity index (χ1) is 10.0. The van der Waals surface area contributed by atoms with Gasteiger partial charge in [-0.3, -0.25) is 10.1 Å². The number of carbonyl (C=O) groups excluding carboxylic acids is 2. The molecule has 0 fully saturated rings. The van der Waals surface area contributed by atoms with Crippen molar-refractivity contribution in [3.8, 4) is 0 Å². The average molecular weight is 313 g/mol. The van der Waals surface area contributed by atoms with Crippen molar-refractivity contribution >= 4 is 23.5 Å². The number of imide groups is 1. The largest absolute Gasteiger partial charge is 0.338 e. The summed E-state index contributed by atoms with van der Waals surface area (Å²) in [7, 11) is 1.89. The van der Waals surface area contributed by atoms with Crippen LogP contribution in [0, 0.1) is 0 Å². The Morgan fingerprint density at radius 1 is 1.29 bits per heavy atom. The summed E-state index contributed by atoms with van der Waals surface area (Å²) in [6.07, 6.45) is 1.90. The Morgan fingerprint density at radius 3 is 2.67 bits per heavy atom. The van der Waals surface area contributed by atoms with Crippen LogP contribution in [0.1, 0.15) is 25.3 Å². The van der Waals surface area contributed by atoms with Gasteiger partial charge in [-0.15, -0.1) is 0 Å². The summed E-state index contributed by atoms with van der Waals surface area (Å²) in [6, 6.07) is 7.11. The zero-order valence-corrected chi connectivity index (χ0v) is 13.3. The van der Waals surface area contributed by atoms with Crippen LogP contribution in [0.5, 0.6) is 0 Å². The number of amides is 3. The fourth-order valence-corrected chi connectivity index (χ4v) is 2.10. The highest BCUT2D eigenvalue weighted by Crippen LogP contribution is 2.13. The minimum atomic E-state index is -0.431. The van der Waals surface area contributed by atoms with E-state index < -0.39 is 6.03 Å². The van der Waals surface area contributed by atoms with Crippen molar-refractivity contribution in [1.82, 2.24) is 10.6 Å². The van der Waals surface area contributed by atoms with Gasteiger partial charge in [0.15, 0.2) is 6.54 Å². The van der Waals surface area contributed by atoms with Gasteiger partial charge in [0.05, 0.1) is 7.05 Å². The van der Waals surface area contributed by atoms with E-state index in [0.717, 1.165) is 23.3 Å². The lowest BCUT2D eigenvalue weighted by molar-refractivity contribution is -0.885. The Balaban J connectivity index is 2.34. The number of unbranched alkanes of at least 4 members (excludes halogenated alkanes) is 1. The molecule has 116 valence electrons. The summed E-state index contributed by atoms with van der Waals surface area (Å²) in [4.78, 5) is 24.2. The van der Waals surface area contributed by atoms with Gasteiger partial charge in [0.25, 0.3) is 5.91 Å².